The lowest BCUT2D eigenvalue weighted by Crippen LogP contribution is -2.25. The molecule has 1 aromatic heterocycles. The molecular formula is C20H24N2O3. The Bertz CT molecular complexity index is 780. The first-order chi connectivity index (χ1) is 12.0. The number of hydrogen-bond acceptors (Lipinski definition) is 4. The molecule has 0 atom stereocenters. The molecule has 1 N–H and O–H groups in total. The summed E-state index contributed by atoms with van der Waals surface area (Å²) >= 11 is 0. The smallest absolute Gasteiger partial charge is 0.338 e. The van der Waals surface area contributed by atoms with Crippen LogP contribution in [0.4, 0.5) is 5.82 Å². The van der Waals surface area contributed by atoms with Gasteiger partial charge < -0.3 is 10.1 Å². The number of esters is 1. The van der Waals surface area contributed by atoms with Crippen molar-refractivity contribution in [2.45, 2.75) is 52.1 Å². The number of fused-ring (bicyclic) bond motifs is 1. The number of carbonyl (C=O) groups excluding carboxylic acids is 2. The number of benzene rings is 1. The number of carbonyl (C=O) groups is 2. The summed E-state index contributed by atoms with van der Waals surface area (Å²) in [5.41, 5.74) is 0.497. The van der Waals surface area contributed by atoms with Gasteiger partial charge in [-0.3, -0.25) is 4.79 Å². The first kappa shape index (κ1) is 17.4. The lowest BCUT2D eigenvalue weighted by atomic mass is 9.88. The van der Waals surface area contributed by atoms with Crippen LogP contribution < -0.4 is 5.32 Å². The molecule has 0 unspecified atom stereocenters. The van der Waals surface area contributed by atoms with Gasteiger partial charge in [0.2, 0.25) is 5.91 Å². The molecule has 132 valence electrons. The number of ether oxygens (including phenoxy) is 1. The van der Waals surface area contributed by atoms with E-state index < -0.39 is 0 Å². The van der Waals surface area contributed by atoms with Gasteiger partial charge in [-0.2, -0.15) is 0 Å². The van der Waals surface area contributed by atoms with Crippen LogP contribution in [-0.2, 0) is 9.53 Å². The molecule has 1 amide bonds. The van der Waals surface area contributed by atoms with Gasteiger partial charge in [0.1, 0.15) is 5.82 Å². The maximum Gasteiger partial charge on any atom is 0.338 e. The molecule has 0 radical (unpaired) electrons. The molecule has 2 aromatic rings. The molecule has 3 rings (SSSR count). The van der Waals surface area contributed by atoms with E-state index in [2.05, 4.69) is 10.3 Å². The second-order valence-corrected chi connectivity index (χ2v) is 6.87. The lowest BCUT2D eigenvalue weighted by molar-refractivity contribution is -0.120. The number of rotatable bonds is 4. The van der Waals surface area contributed by atoms with Gasteiger partial charge in [0.05, 0.1) is 11.7 Å². The highest BCUT2D eigenvalue weighted by Crippen LogP contribution is 2.27. The Morgan fingerprint density at radius 3 is 2.64 bits per heavy atom. The van der Waals surface area contributed by atoms with Crippen molar-refractivity contribution in [1.82, 2.24) is 4.98 Å². The maximum absolute atomic E-state index is 12.5. The molecule has 1 fully saturated rings. The minimum absolute atomic E-state index is 0.0444. The van der Waals surface area contributed by atoms with E-state index in [9.17, 15) is 9.59 Å². The Kier molecular flexibility index (Phi) is 5.31. The molecule has 0 bridgehead atoms. The molecule has 1 aromatic carbocycles. The molecular weight excluding hydrogens is 316 g/mol. The summed E-state index contributed by atoms with van der Waals surface area (Å²) in [6.07, 6.45) is 6.82. The Hall–Kier alpha value is -2.43. The van der Waals surface area contributed by atoms with Gasteiger partial charge in [0.25, 0.3) is 0 Å². The minimum Gasteiger partial charge on any atom is -0.459 e. The number of nitrogens with zero attached hydrogens (tertiary/aromatic N) is 1. The zero-order chi connectivity index (χ0) is 17.8. The Morgan fingerprint density at radius 1 is 1.16 bits per heavy atom. The van der Waals surface area contributed by atoms with Gasteiger partial charge in [0.15, 0.2) is 0 Å². The number of pyridine rings is 1. The molecule has 1 aliphatic rings. The van der Waals surface area contributed by atoms with E-state index in [4.69, 9.17) is 4.74 Å². The molecule has 1 aliphatic carbocycles. The highest BCUT2D eigenvalue weighted by Gasteiger charge is 2.22. The lowest BCUT2D eigenvalue weighted by Gasteiger charge is -2.20. The fourth-order valence-electron chi connectivity index (χ4n) is 3.27. The van der Waals surface area contributed by atoms with Crippen LogP contribution in [0, 0.1) is 5.92 Å². The highest BCUT2D eigenvalue weighted by molar-refractivity contribution is 6.03. The van der Waals surface area contributed by atoms with Crippen LogP contribution in [0.3, 0.4) is 0 Å². The molecule has 0 aliphatic heterocycles. The third-order valence-corrected chi connectivity index (χ3v) is 4.56. The maximum atomic E-state index is 12.5. The van der Waals surface area contributed by atoms with Crippen molar-refractivity contribution >= 4 is 28.5 Å². The molecule has 1 heterocycles. The van der Waals surface area contributed by atoms with Crippen molar-refractivity contribution in [2.75, 3.05) is 5.32 Å². The van der Waals surface area contributed by atoms with E-state index in [-0.39, 0.29) is 23.9 Å². The molecule has 5 nitrogen and oxygen atoms in total. The summed E-state index contributed by atoms with van der Waals surface area (Å²) in [6, 6.07) is 7.14. The predicted molar refractivity (Wildman–Crippen MR) is 97.5 cm³/mol. The molecule has 5 heteroatoms. The second-order valence-electron chi connectivity index (χ2n) is 6.87. The number of anilines is 1. The monoisotopic (exact) mass is 340 g/mol. The first-order valence-corrected chi connectivity index (χ1v) is 8.95. The number of hydrogen-bond donors (Lipinski definition) is 1. The summed E-state index contributed by atoms with van der Waals surface area (Å²) in [7, 11) is 0. The van der Waals surface area contributed by atoms with E-state index in [1.807, 2.05) is 26.0 Å². The largest absolute Gasteiger partial charge is 0.459 e. The summed E-state index contributed by atoms with van der Waals surface area (Å²) in [4.78, 5) is 28.9. The van der Waals surface area contributed by atoms with Crippen molar-refractivity contribution in [2.24, 2.45) is 5.92 Å². The number of aromatic nitrogens is 1. The zero-order valence-corrected chi connectivity index (χ0v) is 14.7. The van der Waals surface area contributed by atoms with Crippen LogP contribution in [0.15, 0.2) is 30.5 Å². The van der Waals surface area contributed by atoms with E-state index in [1.165, 1.54) is 6.42 Å². The SMILES string of the molecule is CC(C)OC(=O)c1ccc2c(NC(=O)C3CCCCC3)nccc2c1. The van der Waals surface area contributed by atoms with Gasteiger partial charge in [0, 0.05) is 17.5 Å². The van der Waals surface area contributed by atoms with E-state index >= 15 is 0 Å². The zero-order valence-electron chi connectivity index (χ0n) is 14.7. The number of amides is 1. The van der Waals surface area contributed by atoms with Gasteiger partial charge in [-0.1, -0.05) is 19.3 Å². The third-order valence-electron chi connectivity index (χ3n) is 4.56. The first-order valence-electron chi connectivity index (χ1n) is 8.95. The van der Waals surface area contributed by atoms with Crippen LogP contribution in [0.5, 0.6) is 0 Å². The van der Waals surface area contributed by atoms with Gasteiger partial charge >= 0.3 is 5.97 Å². The van der Waals surface area contributed by atoms with Crippen LogP contribution in [0.25, 0.3) is 10.8 Å². The van der Waals surface area contributed by atoms with Crippen molar-refractivity contribution in [3.8, 4) is 0 Å². The normalized spacial score (nSPS) is 15.3. The second kappa shape index (κ2) is 7.64. The average Bonchev–Trinajstić information content (AvgIpc) is 2.61. The quantitative estimate of drug-likeness (QED) is 0.842. The summed E-state index contributed by atoms with van der Waals surface area (Å²) < 4.78 is 5.24. The van der Waals surface area contributed by atoms with Crippen molar-refractivity contribution in [1.29, 1.82) is 0 Å². The highest BCUT2D eigenvalue weighted by atomic mass is 16.5. The van der Waals surface area contributed by atoms with Crippen LogP contribution in [-0.4, -0.2) is 23.0 Å². The van der Waals surface area contributed by atoms with E-state index in [0.717, 1.165) is 36.5 Å². The van der Waals surface area contributed by atoms with Crippen molar-refractivity contribution < 1.29 is 14.3 Å². The molecule has 25 heavy (non-hydrogen) atoms. The minimum atomic E-state index is -0.346. The number of nitrogens with one attached hydrogen (secondary N) is 1. The van der Waals surface area contributed by atoms with Gasteiger partial charge in [-0.15, -0.1) is 0 Å². The topological polar surface area (TPSA) is 68.3 Å². The third kappa shape index (κ3) is 4.16. The van der Waals surface area contributed by atoms with E-state index in [1.54, 1.807) is 18.3 Å². The summed E-state index contributed by atoms with van der Waals surface area (Å²) in [5, 5.41) is 4.65. The standard InChI is InChI=1S/C20H24N2O3/c1-13(2)25-20(24)16-8-9-17-15(12-16)10-11-21-18(17)22-19(23)14-6-4-3-5-7-14/h8-14H,3-7H2,1-2H3,(H,21,22,23). The average molecular weight is 340 g/mol. The predicted octanol–water partition coefficient (Wildman–Crippen LogP) is 4.32. The Balaban J connectivity index is 1.82. The Labute approximate surface area is 147 Å². The molecule has 1 saturated carbocycles. The van der Waals surface area contributed by atoms with Gasteiger partial charge in [-0.25, -0.2) is 9.78 Å². The van der Waals surface area contributed by atoms with E-state index in [0.29, 0.717) is 11.4 Å². The van der Waals surface area contributed by atoms with Crippen LogP contribution in [0.1, 0.15) is 56.3 Å². The fraction of sp³-hybridized carbons (Fsp3) is 0.450. The van der Waals surface area contributed by atoms with Gasteiger partial charge in [-0.05, 0) is 56.3 Å². The fourth-order valence-corrected chi connectivity index (χ4v) is 3.27. The van der Waals surface area contributed by atoms with Crippen molar-refractivity contribution in [3.05, 3.63) is 36.0 Å². The Morgan fingerprint density at radius 2 is 1.92 bits per heavy atom. The van der Waals surface area contributed by atoms with Crippen LogP contribution in [0.2, 0.25) is 0 Å². The van der Waals surface area contributed by atoms with Crippen molar-refractivity contribution in [3.63, 3.8) is 0 Å². The molecule has 0 spiro atoms. The molecule has 0 saturated heterocycles. The summed E-state index contributed by atoms with van der Waals surface area (Å²) in [6.45, 7) is 3.64. The summed E-state index contributed by atoms with van der Waals surface area (Å²) in [5.74, 6) is 0.326. The van der Waals surface area contributed by atoms with Crippen LogP contribution >= 0.6 is 0 Å².